The zero-order chi connectivity index (χ0) is 13.9. The molecule has 0 saturated heterocycles. The molecule has 0 aromatic heterocycles. The van der Waals surface area contributed by atoms with Crippen LogP contribution in [0.15, 0.2) is 40.9 Å². The molecule has 5 heteroatoms. The molecule has 0 radical (unpaired) electrons. The number of benzene rings is 2. The lowest BCUT2D eigenvalue weighted by atomic mass is 10.2. The summed E-state index contributed by atoms with van der Waals surface area (Å²) in [6, 6.07) is 10.5. The van der Waals surface area contributed by atoms with E-state index in [0.717, 1.165) is 21.7 Å². The molecule has 0 saturated carbocycles. The molecule has 2 aromatic carbocycles. The number of nitrogens with one attached hydrogen (secondary N) is 1. The summed E-state index contributed by atoms with van der Waals surface area (Å²) in [5.74, 6) is 1.24. The quantitative estimate of drug-likeness (QED) is 0.919. The second-order valence-electron chi connectivity index (χ2n) is 4.45. The second kappa shape index (κ2) is 5.71. The number of rotatable bonds is 3. The lowest BCUT2D eigenvalue weighted by molar-refractivity contribution is 0.171. The van der Waals surface area contributed by atoms with Crippen molar-refractivity contribution in [2.75, 3.05) is 18.5 Å². The van der Waals surface area contributed by atoms with Crippen molar-refractivity contribution >= 4 is 21.6 Å². The fourth-order valence-electron chi connectivity index (χ4n) is 2.03. The molecule has 3 rings (SSSR count). The third-order valence-corrected chi connectivity index (χ3v) is 3.53. The van der Waals surface area contributed by atoms with Crippen LogP contribution < -0.4 is 14.8 Å². The first kappa shape index (κ1) is 13.2. The number of hydrogen-bond acceptors (Lipinski definition) is 3. The predicted molar refractivity (Wildman–Crippen MR) is 78.9 cm³/mol. The van der Waals surface area contributed by atoms with Gasteiger partial charge in [-0.15, -0.1) is 0 Å². The van der Waals surface area contributed by atoms with Gasteiger partial charge in [-0.1, -0.05) is 15.9 Å². The van der Waals surface area contributed by atoms with Crippen molar-refractivity contribution in [1.29, 1.82) is 0 Å². The monoisotopic (exact) mass is 337 g/mol. The molecular weight excluding hydrogens is 325 g/mol. The van der Waals surface area contributed by atoms with E-state index in [1.54, 1.807) is 12.1 Å². The average molecular weight is 338 g/mol. The van der Waals surface area contributed by atoms with E-state index in [9.17, 15) is 4.39 Å². The Morgan fingerprint density at radius 2 is 1.85 bits per heavy atom. The Morgan fingerprint density at radius 1 is 1.05 bits per heavy atom. The highest BCUT2D eigenvalue weighted by atomic mass is 79.9. The summed E-state index contributed by atoms with van der Waals surface area (Å²) in [6.45, 7) is 1.53. The maximum atomic E-state index is 13.6. The largest absolute Gasteiger partial charge is 0.486 e. The summed E-state index contributed by atoms with van der Waals surface area (Å²) >= 11 is 3.34. The number of hydrogen-bond donors (Lipinski definition) is 1. The van der Waals surface area contributed by atoms with Gasteiger partial charge in [-0.25, -0.2) is 4.39 Å². The highest BCUT2D eigenvalue weighted by Crippen LogP contribution is 2.32. The fraction of sp³-hybridized carbons (Fsp3) is 0.200. The summed E-state index contributed by atoms with van der Waals surface area (Å²) in [5.41, 5.74) is 1.47. The Kier molecular flexibility index (Phi) is 3.78. The highest BCUT2D eigenvalue weighted by molar-refractivity contribution is 9.10. The van der Waals surface area contributed by atoms with Gasteiger partial charge in [0.15, 0.2) is 11.5 Å². The summed E-state index contributed by atoms with van der Waals surface area (Å²) in [6.07, 6.45) is 0. The van der Waals surface area contributed by atoms with E-state index in [1.807, 2.05) is 18.2 Å². The molecule has 1 heterocycles. The topological polar surface area (TPSA) is 30.5 Å². The van der Waals surface area contributed by atoms with E-state index in [0.29, 0.717) is 25.3 Å². The normalized spacial score (nSPS) is 13.1. The van der Waals surface area contributed by atoms with Crippen molar-refractivity contribution in [3.8, 4) is 11.5 Å². The van der Waals surface area contributed by atoms with Crippen LogP contribution in [0.2, 0.25) is 0 Å². The molecule has 2 aromatic rings. The molecule has 20 heavy (non-hydrogen) atoms. The van der Waals surface area contributed by atoms with Crippen molar-refractivity contribution in [3.63, 3.8) is 0 Å². The van der Waals surface area contributed by atoms with Gasteiger partial charge >= 0.3 is 0 Å². The van der Waals surface area contributed by atoms with E-state index in [1.165, 1.54) is 6.07 Å². The van der Waals surface area contributed by atoms with Gasteiger partial charge in [0.1, 0.15) is 19.0 Å². The molecule has 0 aliphatic carbocycles. The van der Waals surface area contributed by atoms with Gasteiger partial charge < -0.3 is 14.8 Å². The molecule has 1 aliphatic rings. The lowest BCUT2D eigenvalue weighted by Crippen LogP contribution is -2.15. The molecule has 0 unspecified atom stereocenters. The Bertz CT molecular complexity index is 633. The Labute approximate surface area is 124 Å². The van der Waals surface area contributed by atoms with Crippen LogP contribution >= 0.6 is 15.9 Å². The summed E-state index contributed by atoms with van der Waals surface area (Å²) in [7, 11) is 0. The molecule has 0 fully saturated rings. The van der Waals surface area contributed by atoms with Crippen LogP contribution in [0.25, 0.3) is 0 Å². The van der Waals surface area contributed by atoms with Crippen molar-refractivity contribution in [2.45, 2.75) is 6.54 Å². The Morgan fingerprint density at radius 3 is 2.70 bits per heavy atom. The third-order valence-electron chi connectivity index (χ3n) is 3.03. The van der Waals surface area contributed by atoms with Crippen LogP contribution in [0, 0.1) is 5.82 Å². The first-order chi connectivity index (χ1) is 9.72. The van der Waals surface area contributed by atoms with Crippen LogP contribution in [0.3, 0.4) is 0 Å². The molecule has 1 aliphatic heterocycles. The van der Waals surface area contributed by atoms with Crippen molar-refractivity contribution in [1.82, 2.24) is 0 Å². The molecule has 0 atom stereocenters. The van der Waals surface area contributed by atoms with Crippen molar-refractivity contribution in [3.05, 3.63) is 52.3 Å². The molecular formula is C15H13BrFNO2. The number of ether oxygens (including phenoxy) is 2. The molecule has 104 valence electrons. The highest BCUT2D eigenvalue weighted by Gasteiger charge is 2.11. The lowest BCUT2D eigenvalue weighted by Gasteiger charge is -2.19. The van der Waals surface area contributed by atoms with Crippen LogP contribution in [0.5, 0.6) is 11.5 Å². The minimum absolute atomic E-state index is 0.224. The van der Waals surface area contributed by atoms with E-state index in [2.05, 4.69) is 21.2 Å². The predicted octanol–water partition coefficient (Wildman–Crippen LogP) is 3.97. The van der Waals surface area contributed by atoms with Crippen LogP contribution in [0.4, 0.5) is 10.1 Å². The fourth-order valence-corrected chi connectivity index (χ4v) is 2.44. The minimum atomic E-state index is -0.224. The van der Waals surface area contributed by atoms with Crippen molar-refractivity contribution < 1.29 is 13.9 Å². The Hall–Kier alpha value is -1.75. The van der Waals surface area contributed by atoms with Gasteiger partial charge in [-0.3, -0.25) is 0 Å². The average Bonchev–Trinajstić information content (AvgIpc) is 2.48. The van der Waals surface area contributed by atoms with Gasteiger partial charge in [0, 0.05) is 28.3 Å². The maximum absolute atomic E-state index is 13.6. The Balaban J connectivity index is 1.73. The first-order valence-electron chi connectivity index (χ1n) is 6.30. The van der Waals surface area contributed by atoms with E-state index < -0.39 is 0 Å². The van der Waals surface area contributed by atoms with Crippen molar-refractivity contribution in [2.24, 2.45) is 0 Å². The molecule has 0 amide bonds. The van der Waals surface area contributed by atoms with Gasteiger partial charge in [0.25, 0.3) is 0 Å². The van der Waals surface area contributed by atoms with E-state index in [-0.39, 0.29) is 5.82 Å². The summed E-state index contributed by atoms with van der Waals surface area (Å²) < 4.78 is 25.5. The molecule has 1 N–H and O–H groups in total. The third kappa shape index (κ3) is 2.88. The zero-order valence-electron chi connectivity index (χ0n) is 10.7. The van der Waals surface area contributed by atoms with Crippen LogP contribution in [0.1, 0.15) is 5.56 Å². The van der Waals surface area contributed by atoms with Crippen LogP contribution in [-0.4, -0.2) is 13.2 Å². The standard InChI is InChI=1S/C15H13BrFNO2/c16-11-1-3-13(17)10(7-11)9-18-12-2-4-14-15(8-12)20-6-5-19-14/h1-4,7-8,18H,5-6,9H2. The number of fused-ring (bicyclic) bond motifs is 1. The SMILES string of the molecule is Fc1ccc(Br)cc1CNc1ccc2c(c1)OCCO2. The van der Waals surface area contributed by atoms with Gasteiger partial charge in [0.05, 0.1) is 0 Å². The summed E-state index contributed by atoms with van der Waals surface area (Å²) in [4.78, 5) is 0. The maximum Gasteiger partial charge on any atom is 0.163 e. The zero-order valence-corrected chi connectivity index (χ0v) is 12.2. The smallest absolute Gasteiger partial charge is 0.163 e. The van der Waals surface area contributed by atoms with Gasteiger partial charge in [-0.2, -0.15) is 0 Å². The minimum Gasteiger partial charge on any atom is -0.486 e. The summed E-state index contributed by atoms with van der Waals surface area (Å²) in [5, 5.41) is 3.18. The number of halogens is 2. The molecule has 3 nitrogen and oxygen atoms in total. The van der Waals surface area contributed by atoms with Gasteiger partial charge in [-0.05, 0) is 30.3 Å². The molecule has 0 spiro atoms. The second-order valence-corrected chi connectivity index (χ2v) is 5.36. The number of anilines is 1. The van der Waals surface area contributed by atoms with E-state index >= 15 is 0 Å². The molecule has 0 bridgehead atoms. The van der Waals surface area contributed by atoms with E-state index in [4.69, 9.17) is 9.47 Å². The van der Waals surface area contributed by atoms with Gasteiger partial charge in [0.2, 0.25) is 0 Å². The van der Waals surface area contributed by atoms with Crippen LogP contribution in [-0.2, 0) is 6.54 Å². The first-order valence-corrected chi connectivity index (χ1v) is 7.09.